The van der Waals surface area contributed by atoms with Crippen molar-refractivity contribution < 1.29 is 14.7 Å². The van der Waals surface area contributed by atoms with Crippen LogP contribution in [0.1, 0.15) is 12.0 Å². The lowest BCUT2D eigenvalue weighted by Gasteiger charge is -2.33. The Bertz CT molecular complexity index is 556. The lowest BCUT2D eigenvalue weighted by Crippen LogP contribution is -2.47. The maximum Gasteiger partial charge on any atom is 0.307 e. The molecule has 0 radical (unpaired) electrons. The average Bonchev–Trinajstić information content (AvgIpc) is 2.61. The summed E-state index contributed by atoms with van der Waals surface area (Å²) in [6.07, 6.45) is 0.428. The first-order chi connectivity index (χ1) is 12.0. The van der Waals surface area contributed by atoms with Gasteiger partial charge in [0.2, 0.25) is 5.91 Å². The predicted molar refractivity (Wildman–Crippen MR) is 97.5 cm³/mol. The highest BCUT2D eigenvalue weighted by Gasteiger charge is 2.24. The fraction of sp³-hybridized carbons (Fsp3) is 0.579. The monoisotopic (exact) mass is 347 g/mol. The smallest absolute Gasteiger partial charge is 0.307 e. The number of carbonyl (C=O) groups is 2. The van der Waals surface area contributed by atoms with Crippen molar-refractivity contribution in [2.24, 2.45) is 5.92 Å². The normalized spacial score (nSPS) is 17.2. The van der Waals surface area contributed by atoms with Crippen LogP contribution >= 0.6 is 0 Å². The zero-order chi connectivity index (χ0) is 18.2. The summed E-state index contributed by atoms with van der Waals surface area (Å²) < 4.78 is 0. The van der Waals surface area contributed by atoms with Crippen molar-refractivity contribution in [2.45, 2.75) is 12.8 Å². The first-order valence-electron chi connectivity index (χ1n) is 8.87. The number of likely N-dealkylation sites (N-methyl/N-ethyl adjacent to an activating group) is 2. The van der Waals surface area contributed by atoms with Gasteiger partial charge in [-0.05, 0) is 19.0 Å². The summed E-state index contributed by atoms with van der Waals surface area (Å²) in [6, 6.07) is 9.47. The Kier molecular flexibility index (Phi) is 7.40. The van der Waals surface area contributed by atoms with Gasteiger partial charge in [-0.3, -0.25) is 14.5 Å². The topological polar surface area (TPSA) is 64.1 Å². The molecule has 1 fully saturated rings. The Morgan fingerprint density at radius 3 is 2.40 bits per heavy atom. The fourth-order valence-electron chi connectivity index (χ4n) is 3.00. The van der Waals surface area contributed by atoms with Crippen LogP contribution in [0, 0.1) is 5.92 Å². The van der Waals surface area contributed by atoms with Gasteiger partial charge in [0, 0.05) is 52.7 Å². The number of hydrogen-bond acceptors (Lipinski definition) is 4. The minimum atomic E-state index is -0.912. The van der Waals surface area contributed by atoms with Gasteiger partial charge in [0.25, 0.3) is 0 Å². The number of carbonyl (C=O) groups excluding carboxylic acids is 1. The molecule has 1 amide bonds. The van der Waals surface area contributed by atoms with E-state index in [0.29, 0.717) is 13.0 Å². The molecular weight excluding hydrogens is 318 g/mol. The average molecular weight is 347 g/mol. The van der Waals surface area contributed by atoms with Gasteiger partial charge in [-0.15, -0.1) is 0 Å². The van der Waals surface area contributed by atoms with E-state index in [1.807, 2.05) is 30.3 Å². The van der Waals surface area contributed by atoms with Crippen molar-refractivity contribution in [1.29, 1.82) is 0 Å². The number of nitrogens with zero attached hydrogens (tertiary/aromatic N) is 3. The Morgan fingerprint density at radius 1 is 1.16 bits per heavy atom. The van der Waals surface area contributed by atoms with E-state index < -0.39 is 11.9 Å². The zero-order valence-corrected chi connectivity index (χ0v) is 15.2. The SMILES string of the molecule is CN1CCN(CCN(C)C(=O)C[C@@H](Cc2ccccc2)C(=O)O)CC1. The molecule has 138 valence electrons. The van der Waals surface area contributed by atoms with Gasteiger partial charge < -0.3 is 14.9 Å². The Hall–Kier alpha value is -1.92. The summed E-state index contributed by atoms with van der Waals surface area (Å²) in [6.45, 7) is 5.62. The number of amides is 1. The molecule has 0 aliphatic carbocycles. The van der Waals surface area contributed by atoms with Crippen LogP contribution in [0.2, 0.25) is 0 Å². The summed E-state index contributed by atoms with van der Waals surface area (Å²) in [5, 5.41) is 9.44. The second-order valence-electron chi connectivity index (χ2n) is 6.89. The number of rotatable bonds is 8. The van der Waals surface area contributed by atoms with Crippen molar-refractivity contribution in [2.75, 3.05) is 53.4 Å². The Balaban J connectivity index is 1.80. The summed E-state index contributed by atoms with van der Waals surface area (Å²) in [5.74, 6) is -1.69. The van der Waals surface area contributed by atoms with Crippen molar-refractivity contribution in [3.05, 3.63) is 35.9 Å². The van der Waals surface area contributed by atoms with Gasteiger partial charge in [0.1, 0.15) is 0 Å². The van der Waals surface area contributed by atoms with Crippen molar-refractivity contribution in [1.82, 2.24) is 14.7 Å². The zero-order valence-electron chi connectivity index (χ0n) is 15.2. The molecule has 1 heterocycles. The number of carboxylic acid groups (broad SMARTS) is 1. The highest BCUT2D eigenvalue weighted by atomic mass is 16.4. The van der Waals surface area contributed by atoms with Gasteiger partial charge in [-0.1, -0.05) is 30.3 Å². The van der Waals surface area contributed by atoms with Crippen LogP contribution in [0.25, 0.3) is 0 Å². The molecule has 0 saturated carbocycles. The molecule has 1 saturated heterocycles. The third-order valence-electron chi connectivity index (χ3n) is 4.87. The van der Waals surface area contributed by atoms with Gasteiger partial charge in [-0.2, -0.15) is 0 Å². The van der Waals surface area contributed by atoms with E-state index in [1.54, 1.807) is 11.9 Å². The molecule has 0 aromatic heterocycles. The van der Waals surface area contributed by atoms with Gasteiger partial charge in [0.05, 0.1) is 5.92 Å². The van der Waals surface area contributed by atoms with Gasteiger partial charge in [0.15, 0.2) is 0 Å². The standard InChI is InChI=1S/C19H29N3O3/c1-20-8-11-22(12-9-20)13-10-21(2)18(23)15-17(19(24)25)14-16-6-4-3-5-7-16/h3-7,17H,8-15H2,1-2H3,(H,24,25)/t17-/m1/s1. The van der Waals surface area contributed by atoms with E-state index in [9.17, 15) is 14.7 Å². The summed E-state index contributed by atoms with van der Waals surface area (Å²) in [7, 11) is 3.88. The van der Waals surface area contributed by atoms with E-state index in [2.05, 4.69) is 16.8 Å². The largest absolute Gasteiger partial charge is 0.481 e. The lowest BCUT2D eigenvalue weighted by atomic mass is 9.96. The second kappa shape index (κ2) is 9.53. The Labute approximate surface area is 150 Å². The molecule has 1 aromatic carbocycles. The molecular formula is C19H29N3O3. The predicted octanol–water partition coefficient (Wildman–Crippen LogP) is 1.03. The number of hydrogen-bond donors (Lipinski definition) is 1. The van der Waals surface area contributed by atoms with Crippen molar-refractivity contribution in [3.8, 4) is 0 Å². The molecule has 2 rings (SSSR count). The molecule has 1 aliphatic rings. The van der Waals surface area contributed by atoms with Crippen molar-refractivity contribution >= 4 is 11.9 Å². The molecule has 1 N–H and O–H groups in total. The van der Waals surface area contributed by atoms with E-state index in [0.717, 1.165) is 38.3 Å². The fourth-order valence-corrected chi connectivity index (χ4v) is 3.00. The number of benzene rings is 1. The van der Waals surface area contributed by atoms with Crippen molar-refractivity contribution in [3.63, 3.8) is 0 Å². The minimum Gasteiger partial charge on any atom is -0.481 e. The van der Waals surface area contributed by atoms with Gasteiger partial charge >= 0.3 is 5.97 Å². The van der Waals surface area contributed by atoms with Crippen LogP contribution < -0.4 is 0 Å². The first-order valence-corrected chi connectivity index (χ1v) is 8.87. The molecule has 1 aromatic rings. The highest BCUT2D eigenvalue weighted by molar-refractivity contribution is 5.82. The molecule has 0 unspecified atom stereocenters. The number of carboxylic acids is 1. The van der Waals surface area contributed by atoms with Crippen LogP contribution in [0.15, 0.2) is 30.3 Å². The highest BCUT2D eigenvalue weighted by Crippen LogP contribution is 2.14. The quantitative estimate of drug-likeness (QED) is 0.761. The van der Waals surface area contributed by atoms with E-state index in [4.69, 9.17) is 0 Å². The first kappa shape index (κ1) is 19.4. The minimum absolute atomic E-state index is 0.0451. The lowest BCUT2D eigenvalue weighted by molar-refractivity contribution is -0.145. The molecule has 6 heteroatoms. The molecule has 0 spiro atoms. The Morgan fingerprint density at radius 2 is 1.80 bits per heavy atom. The van der Waals surface area contributed by atoms with Gasteiger partial charge in [-0.25, -0.2) is 0 Å². The second-order valence-corrected chi connectivity index (χ2v) is 6.89. The molecule has 0 bridgehead atoms. The van der Waals surface area contributed by atoms with E-state index in [1.165, 1.54) is 0 Å². The van der Waals surface area contributed by atoms with E-state index in [-0.39, 0.29) is 12.3 Å². The number of piperazine rings is 1. The molecule has 1 aliphatic heterocycles. The van der Waals surface area contributed by atoms with Crippen LogP contribution in [0.5, 0.6) is 0 Å². The maximum absolute atomic E-state index is 12.4. The van der Waals surface area contributed by atoms with E-state index >= 15 is 0 Å². The summed E-state index contributed by atoms with van der Waals surface area (Å²) >= 11 is 0. The third-order valence-corrected chi connectivity index (χ3v) is 4.87. The summed E-state index contributed by atoms with van der Waals surface area (Å²) in [5.41, 5.74) is 0.947. The number of aliphatic carboxylic acids is 1. The third kappa shape index (κ3) is 6.48. The van der Waals surface area contributed by atoms with Crippen LogP contribution in [-0.2, 0) is 16.0 Å². The maximum atomic E-state index is 12.4. The van der Waals surface area contributed by atoms with Crippen LogP contribution in [0.4, 0.5) is 0 Å². The molecule has 25 heavy (non-hydrogen) atoms. The van der Waals surface area contributed by atoms with Crippen LogP contribution in [-0.4, -0.2) is 85.0 Å². The molecule has 6 nitrogen and oxygen atoms in total. The molecule has 1 atom stereocenters. The summed E-state index contributed by atoms with van der Waals surface area (Å²) in [4.78, 5) is 30.2. The van der Waals surface area contributed by atoms with Crippen LogP contribution in [0.3, 0.4) is 0 Å².